The first-order chi connectivity index (χ1) is 12.4. The largest absolute Gasteiger partial charge is 0.468 e. The van der Waals surface area contributed by atoms with Crippen LogP contribution in [0.5, 0.6) is 0 Å². The lowest BCUT2D eigenvalue weighted by Crippen LogP contribution is -2.34. The average molecular weight is 398 g/mol. The van der Waals surface area contributed by atoms with Crippen LogP contribution in [0.1, 0.15) is 5.56 Å². The van der Waals surface area contributed by atoms with Crippen molar-refractivity contribution in [1.29, 1.82) is 0 Å². The average Bonchev–Trinajstić information content (AvgIpc) is 2.87. The lowest BCUT2D eigenvalue weighted by Gasteiger charge is -2.09. The zero-order chi connectivity index (χ0) is 19.3. The second-order valence-corrected chi connectivity index (χ2v) is 7.03. The fourth-order valence-corrected chi connectivity index (χ4v) is 3.62. The van der Waals surface area contributed by atoms with E-state index in [1.54, 1.807) is 6.07 Å². The summed E-state index contributed by atoms with van der Waals surface area (Å²) in [7, 11) is 1.15. The van der Waals surface area contributed by atoms with E-state index in [1.165, 1.54) is 18.2 Å². The van der Waals surface area contributed by atoms with E-state index >= 15 is 0 Å². The van der Waals surface area contributed by atoms with E-state index in [2.05, 4.69) is 4.74 Å². The number of nitro benzene ring substituents is 1. The quantitative estimate of drug-likeness (QED) is 0.241. The van der Waals surface area contributed by atoms with Crippen LogP contribution in [0.4, 0.5) is 10.5 Å². The number of imide groups is 1. The molecule has 9 nitrogen and oxygen atoms in total. The number of thioether (sulfide) groups is 2. The van der Waals surface area contributed by atoms with Crippen LogP contribution in [0.15, 0.2) is 28.0 Å². The van der Waals surface area contributed by atoms with Gasteiger partial charge in [0.1, 0.15) is 6.54 Å². The van der Waals surface area contributed by atoms with Crippen molar-refractivity contribution in [1.82, 2.24) is 4.90 Å². The fraction of sp³-hybridized carbons (Fsp3) is 0.267. The molecule has 0 atom stereocenters. The third kappa shape index (κ3) is 4.62. The van der Waals surface area contributed by atoms with Gasteiger partial charge in [0.15, 0.2) is 0 Å². The van der Waals surface area contributed by atoms with E-state index in [1.807, 2.05) is 0 Å². The van der Waals surface area contributed by atoms with Crippen LogP contribution in [0.3, 0.4) is 0 Å². The number of nitro groups is 1. The molecule has 0 aromatic heterocycles. The minimum Gasteiger partial charge on any atom is -0.468 e. The molecular weight excluding hydrogens is 384 g/mol. The highest BCUT2D eigenvalue weighted by Gasteiger charge is 2.36. The number of nitrogens with zero attached hydrogens (tertiary/aromatic N) is 2. The molecule has 138 valence electrons. The molecule has 1 aliphatic rings. The zero-order valence-electron chi connectivity index (χ0n) is 13.5. The van der Waals surface area contributed by atoms with E-state index in [4.69, 9.17) is 5.11 Å². The Kier molecular flexibility index (Phi) is 6.77. The lowest BCUT2D eigenvalue weighted by atomic mass is 10.2. The number of hydrogen-bond donors (Lipinski definition) is 1. The van der Waals surface area contributed by atoms with E-state index in [-0.39, 0.29) is 17.2 Å². The predicted molar refractivity (Wildman–Crippen MR) is 95.6 cm³/mol. The summed E-state index contributed by atoms with van der Waals surface area (Å²) in [5.74, 6) is -1.08. The van der Waals surface area contributed by atoms with Crippen LogP contribution in [-0.2, 0) is 14.3 Å². The SMILES string of the molecule is COC(=O)CN1C(=O)SC(=Cc2ccc(SCCO)c([N+](=O)[O-])c2)C1=O. The maximum Gasteiger partial charge on any atom is 0.325 e. The van der Waals surface area contributed by atoms with Gasteiger partial charge in [0.05, 0.1) is 28.4 Å². The molecular formula is C15H14N2O7S2. The third-order valence-corrected chi connectivity index (χ3v) is 5.17. The Bertz CT molecular complexity index is 794. The van der Waals surface area contributed by atoms with Crippen molar-refractivity contribution < 1.29 is 29.2 Å². The molecule has 0 radical (unpaired) electrons. The van der Waals surface area contributed by atoms with Crippen molar-refractivity contribution in [2.45, 2.75) is 4.90 Å². The smallest absolute Gasteiger partial charge is 0.325 e. The first-order valence-electron chi connectivity index (χ1n) is 7.21. The Morgan fingerprint density at radius 2 is 2.19 bits per heavy atom. The summed E-state index contributed by atoms with van der Waals surface area (Å²) >= 11 is 1.78. The van der Waals surface area contributed by atoms with Gasteiger partial charge in [-0.2, -0.15) is 0 Å². The first kappa shape index (κ1) is 19.9. The Morgan fingerprint density at radius 3 is 2.81 bits per heavy atom. The highest BCUT2D eigenvalue weighted by molar-refractivity contribution is 8.18. The molecule has 1 aromatic rings. The number of rotatable bonds is 7. The normalized spacial score (nSPS) is 15.6. The van der Waals surface area contributed by atoms with Gasteiger partial charge >= 0.3 is 5.97 Å². The maximum absolute atomic E-state index is 12.2. The molecule has 1 heterocycles. The van der Waals surface area contributed by atoms with Gasteiger partial charge in [-0.25, -0.2) is 0 Å². The van der Waals surface area contributed by atoms with Crippen LogP contribution >= 0.6 is 23.5 Å². The summed E-state index contributed by atoms with van der Waals surface area (Å²) in [4.78, 5) is 47.2. The Morgan fingerprint density at radius 1 is 1.46 bits per heavy atom. The molecule has 1 aliphatic heterocycles. The number of benzene rings is 1. The molecule has 0 spiro atoms. The van der Waals surface area contributed by atoms with Gasteiger partial charge in [-0.3, -0.25) is 29.4 Å². The number of esters is 1. The number of carbonyl (C=O) groups is 3. The van der Waals surface area contributed by atoms with Gasteiger partial charge in [-0.05, 0) is 29.5 Å². The van der Waals surface area contributed by atoms with Crippen molar-refractivity contribution in [3.05, 3.63) is 38.8 Å². The standard InChI is InChI=1S/C15H14N2O7S2/c1-24-13(19)8-16-14(20)12(26-15(16)21)7-9-2-3-11(25-5-4-18)10(6-9)17(22)23/h2-3,6-7,18H,4-5,8H2,1H3. The van der Waals surface area contributed by atoms with Crippen LogP contribution in [0.2, 0.25) is 0 Å². The van der Waals surface area contributed by atoms with Gasteiger partial charge in [-0.1, -0.05) is 6.07 Å². The molecule has 11 heteroatoms. The second kappa shape index (κ2) is 8.83. The molecule has 1 fully saturated rings. The van der Waals surface area contributed by atoms with Gasteiger partial charge in [0.25, 0.3) is 16.8 Å². The molecule has 0 aliphatic carbocycles. The molecule has 2 amide bonds. The highest BCUT2D eigenvalue weighted by Crippen LogP contribution is 2.34. The minimum atomic E-state index is -0.727. The van der Waals surface area contributed by atoms with Crippen molar-refractivity contribution in [3.63, 3.8) is 0 Å². The van der Waals surface area contributed by atoms with Crippen LogP contribution < -0.4 is 0 Å². The second-order valence-electron chi connectivity index (χ2n) is 4.90. The minimum absolute atomic E-state index is 0.0592. The molecule has 1 saturated heterocycles. The van der Waals surface area contributed by atoms with Gasteiger partial charge in [0, 0.05) is 11.8 Å². The van der Waals surface area contributed by atoms with E-state index in [9.17, 15) is 24.5 Å². The number of aliphatic hydroxyl groups is 1. The van der Waals surface area contributed by atoms with Crippen LogP contribution in [0, 0.1) is 10.1 Å². The van der Waals surface area contributed by atoms with Crippen LogP contribution in [-0.4, -0.2) is 58.1 Å². The summed E-state index contributed by atoms with van der Waals surface area (Å²) in [5, 5.41) is 19.5. The topological polar surface area (TPSA) is 127 Å². The molecule has 1 aromatic carbocycles. The van der Waals surface area contributed by atoms with Crippen molar-refractivity contribution in [2.24, 2.45) is 0 Å². The van der Waals surface area contributed by atoms with Gasteiger partial charge in [0.2, 0.25) is 0 Å². The Balaban J connectivity index is 2.27. The van der Waals surface area contributed by atoms with Crippen molar-refractivity contribution in [2.75, 3.05) is 26.0 Å². The maximum atomic E-state index is 12.2. The summed E-state index contributed by atoms with van der Waals surface area (Å²) in [5.41, 5.74) is 0.208. The number of hydrogen-bond acceptors (Lipinski definition) is 9. The summed E-state index contributed by atoms with van der Waals surface area (Å²) in [6.07, 6.45) is 1.36. The number of aliphatic hydroxyl groups excluding tert-OH is 1. The van der Waals surface area contributed by atoms with Crippen molar-refractivity contribution >= 4 is 52.4 Å². The highest BCUT2D eigenvalue weighted by atomic mass is 32.2. The number of carbonyl (C=O) groups excluding carboxylic acids is 3. The number of ether oxygens (including phenoxy) is 1. The molecule has 0 unspecified atom stereocenters. The first-order valence-corrected chi connectivity index (χ1v) is 9.02. The Hall–Kier alpha value is -2.37. The molecule has 0 bridgehead atoms. The third-order valence-electron chi connectivity index (χ3n) is 3.21. The van der Waals surface area contributed by atoms with Crippen molar-refractivity contribution in [3.8, 4) is 0 Å². The fourth-order valence-electron chi connectivity index (χ4n) is 2.03. The summed E-state index contributed by atoms with van der Waals surface area (Å²) in [6.45, 7) is -0.605. The predicted octanol–water partition coefficient (Wildman–Crippen LogP) is 1.89. The van der Waals surface area contributed by atoms with E-state index < -0.39 is 28.6 Å². The van der Waals surface area contributed by atoms with Crippen LogP contribution in [0.25, 0.3) is 6.08 Å². The lowest BCUT2D eigenvalue weighted by molar-refractivity contribution is -0.387. The van der Waals surface area contributed by atoms with E-state index in [0.717, 1.165) is 23.8 Å². The molecule has 2 rings (SSSR count). The van der Waals surface area contributed by atoms with E-state index in [0.29, 0.717) is 28.0 Å². The summed E-state index contributed by atoms with van der Waals surface area (Å²) < 4.78 is 4.44. The molecule has 26 heavy (non-hydrogen) atoms. The molecule has 1 N–H and O–H groups in total. The van der Waals surface area contributed by atoms with Gasteiger partial charge < -0.3 is 9.84 Å². The number of amides is 2. The Labute approximate surface area is 156 Å². The molecule has 0 saturated carbocycles. The zero-order valence-corrected chi connectivity index (χ0v) is 15.2. The monoisotopic (exact) mass is 398 g/mol. The summed E-state index contributed by atoms with van der Waals surface area (Å²) in [6, 6.07) is 4.37. The van der Waals surface area contributed by atoms with Gasteiger partial charge in [-0.15, -0.1) is 11.8 Å². The number of methoxy groups -OCH3 is 1.